The zero-order valence-corrected chi connectivity index (χ0v) is 16.7. The van der Waals surface area contributed by atoms with Gasteiger partial charge in [0.05, 0.1) is 17.3 Å². The first-order valence-electron chi connectivity index (χ1n) is 7.96. The van der Waals surface area contributed by atoms with E-state index in [0.29, 0.717) is 0 Å². The van der Waals surface area contributed by atoms with Crippen LogP contribution in [0.5, 0.6) is 0 Å². The molecule has 0 saturated carbocycles. The standard InChI is InChI=1S/C17H22N6S2/c1-17(2,3)13-6-12-15(18-10-19-16(12)25-13)22-20-7-11-9-24-14(21-11)8-23(4)5/h6-7,9-10H,8H2,1-5H3,(H,18,19,22). The van der Waals surface area contributed by atoms with Gasteiger partial charge in [0.2, 0.25) is 0 Å². The Bertz CT molecular complexity index is 888. The molecule has 3 aromatic rings. The van der Waals surface area contributed by atoms with Gasteiger partial charge in [0.25, 0.3) is 0 Å². The number of rotatable bonds is 5. The second-order valence-corrected chi connectivity index (χ2v) is 9.05. The molecule has 0 fully saturated rings. The predicted molar refractivity (Wildman–Crippen MR) is 107 cm³/mol. The Morgan fingerprint density at radius 3 is 2.80 bits per heavy atom. The summed E-state index contributed by atoms with van der Waals surface area (Å²) in [5.74, 6) is 0.719. The molecule has 0 aliphatic rings. The van der Waals surface area contributed by atoms with Crippen molar-refractivity contribution in [3.05, 3.63) is 33.4 Å². The Kier molecular flexibility index (Phi) is 5.12. The first-order chi connectivity index (χ1) is 11.8. The van der Waals surface area contributed by atoms with Crippen molar-refractivity contribution in [1.82, 2.24) is 19.9 Å². The first kappa shape index (κ1) is 17.9. The number of thiophene rings is 1. The number of hydrogen-bond donors (Lipinski definition) is 1. The van der Waals surface area contributed by atoms with Crippen molar-refractivity contribution in [2.75, 3.05) is 19.5 Å². The van der Waals surface area contributed by atoms with E-state index in [1.165, 1.54) is 4.88 Å². The van der Waals surface area contributed by atoms with Crippen molar-refractivity contribution >= 4 is 44.9 Å². The van der Waals surface area contributed by atoms with Crippen LogP contribution in [-0.2, 0) is 12.0 Å². The normalized spacial score (nSPS) is 12.6. The van der Waals surface area contributed by atoms with Crippen LogP contribution in [0, 0.1) is 0 Å². The van der Waals surface area contributed by atoms with E-state index in [-0.39, 0.29) is 5.41 Å². The highest BCUT2D eigenvalue weighted by Crippen LogP contribution is 2.35. The van der Waals surface area contributed by atoms with Crippen LogP contribution in [0.25, 0.3) is 10.2 Å². The lowest BCUT2D eigenvalue weighted by Gasteiger charge is -2.14. The number of aromatic nitrogens is 3. The molecule has 25 heavy (non-hydrogen) atoms. The highest BCUT2D eigenvalue weighted by atomic mass is 32.1. The molecule has 0 unspecified atom stereocenters. The summed E-state index contributed by atoms with van der Waals surface area (Å²) >= 11 is 3.34. The number of fused-ring (bicyclic) bond motifs is 1. The quantitative estimate of drug-likeness (QED) is 0.541. The minimum absolute atomic E-state index is 0.0926. The van der Waals surface area contributed by atoms with Gasteiger partial charge in [-0.25, -0.2) is 15.0 Å². The molecule has 3 rings (SSSR count). The molecule has 6 nitrogen and oxygen atoms in total. The maximum Gasteiger partial charge on any atom is 0.158 e. The monoisotopic (exact) mass is 374 g/mol. The number of hydrogen-bond acceptors (Lipinski definition) is 8. The summed E-state index contributed by atoms with van der Waals surface area (Å²) in [6.07, 6.45) is 3.29. The molecule has 132 valence electrons. The average molecular weight is 375 g/mol. The lowest BCUT2D eigenvalue weighted by Crippen LogP contribution is -2.10. The SMILES string of the molecule is CN(C)Cc1nc(C=NNc2ncnc3sc(C(C)(C)C)cc23)cs1. The van der Waals surface area contributed by atoms with Gasteiger partial charge in [-0.15, -0.1) is 22.7 Å². The highest BCUT2D eigenvalue weighted by Gasteiger charge is 2.18. The van der Waals surface area contributed by atoms with Crippen LogP contribution < -0.4 is 5.43 Å². The first-order valence-corrected chi connectivity index (χ1v) is 9.66. The maximum absolute atomic E-state index is 4.54. The molecule has 0 saturated heterocycles. The Morgan fingerprint density at radius 1 is 1.28 bits per heavy atom. The number of anilines is 1. The van der Waals surface area contributed by atoms with Gasteiger partial charge in [-0.2, -0.15) is 5.10 Å². The molecule has 0 amide bonds. The molecular formula is C17H22N6S2. The highest BCUT2D eigenvalue weighted by molar-refractivity contribution is 7.18. The van der Waals surface area contributed by atoms with Gasteiger partial charge in [-0.1, -0.05) is 20.8 Å². The van der Waals surface area contributed by atoms with Crippen molar-refractivity contribution in [3.8, 4) is 0 Å². The summed E-state index contributed by atoms with van der Waals surface area (Å²) in [6.45, 7) is 7.43. The summed E-state index contributed by atoms with van der Waals surface area (Å²) in [5.41, 5.74) is 3.97. The van der Waals surface area contributed by atoms with Crippen LogP contribution in [0.3, 0.4) is 0 Å². The fraction of sp³-hybridized carbons (Fsp3) is 0.412. The molecule has 0 bridgehead atoms. The fourth-order valence-corrected chi connectivity index (χ4v) is 4.12. The zero-order chi connectivity index (χ0) is 18.0. The molecule has 0 radical (unpaired) electrons. The van der Waals surface area contributed by atoms with Crippen molar-refractivity contribution in [1.29, 1.82) is 0 Å². The fourth-order valence-electron chi connectivity index (χ4n) is 2.20. The summed E-state index contributed by atoms with van der Waals surface area (Å²) in [5, 5.41) is 8.37. The van der Waals surface area contributed by atoms with Gasteiger partial charge >= 0.3 is 0 Å². The molecule has 0 spiro atoms. The van der Waals surface area contributed by atoms with Crippen molar-refractivity contribution in [2.24, 2.45) is 5.10 Å². The van der Waals surface area contributed by atoms with Gasteiger partial charge in [-0.05, 0) is 25.6 Å². The molecular weight excluding hydrogens is 352 g/mol. The Labute approximate surface area is 155 Å². The molecule has 3 aromatic heterocycles. The minimum atomic E-state index is 0.0926. The molecule has 0 atom stereocenters. The van der Waals surface area contributed by atoms with E-state index in [1.54, 1.807) is 35.2 Å². The van der Waals surface area contributed by atoms with E-state index < -0.39 is 0 Å². The lowest BCUT2D eigenvalue weighted by molar-refractivity contribution is 0.401. The van der Waals surface area contributed by atoms with Crippen LogP contribution in [0.4, 0.5) is 5.82 Å². The molecule has 1 N–H and O–H groups in total. The van der Waals surface area contributed by atoms with E-state index in [9.17, 15) is 0 Å². The van der Waals surface area contributed by atoms with Crippen LogP contribution in [0.15, 0.2) is 22.9 Å². The van der Waals surface area contributed by atoms with Gasteiger partial charge < -0.3 is 4.90 Å². The second-order valence-electron chi connectivity index (χ2n) is 7.08. The van der Waals surface area contributed by atoms with Crippen molar-refractivity contribution < 1.29 is 0 Å². The average Bonchev–Trinajstić information content (AvgIpc) is 3.13. The zero-order valence-electron chi connectivity index (χ0n) is 15.1. The second kappa shape index (κ2) is 7.15. The number of hydrazone groups is 1. The van der Waals surface area contributed by atoms with Gasteiger partial charge in [0.1, 0.15) is 16.2 Å². The summed E-state index contributed by atoms with van der Waals surface area (Å²) in [4.78, 5) is 17.6. The van der Waals surface area contributed by atoms with Crippen LogP contribution in [0.1, 0.15) is 36.3 Å². The van der Waals surface area contributed by atoms with Gasteiger partial charge in [-0.3, -0.25) is 5.43 Å². The lowest BCUT2D eigenvalue weighted by atomic mass is 9.94. The summed E-state index contributed by atoms with van der Waals surface area (Å²) < 4.78 is 0. The van der Waals surface area contributed by atoms with Gasteiger partial charge in [0.15, 0.2) is 5.82 Å². The minimum Gasteiger partial charge on any atom is -0.303 e. The number of thiazole rings is 1. The largest absolute Gasteiger partial charge is 0.303 e. The van der Waals surface area contributed by atoms with E-state index in [1.807, 2.05) is 19.5 Å². The Morgan fingerprint density at radius 2 is 2.08 bits per heavy atom. The van der Waals surface area contributed by atoms with Crippen molar-refractivity contribution in [3.63, 3.8) is 0 Å². The maximum atomic E-state index is 4.54. The predicted octanol–water partition coefficient (Wildman–Crippen LogP) is 3.95. The third kappa shape index (κ3) is 4.39. The summed E-state index contributed by atoms with van der Waals surface area (Å²) in [7, 11) is 4.06. The molecule has 8 heteroatoms. The van der Waals surface area contributed by atoms with Crippen LogP contribution >= 0.6 is 22.7 Å². The van der Waals surface area contributed by atoms with E-state index in [0.717, 1.165) is 33.3 Å². The van der Waals surface area contributed by atoms with Gasteiger partial charge in [0, 0.05) is 16.8 Å². The Hall–Kier alpha value is -1.90. The third-order valence-corrected chi connectivity index (χ3v) is 5.78. The van der Waals surface area contributed by atoms with Crippen LogP contribution in [-0.4, -0.2) is 40.2 Å². The molecule has 0 aliphatic carbocycles. The topological polar surface area (TPSA) is 66.3 Å². The van der Waals surface area contributed by atoms with Crippen molar-refractivity contribution in [2.45, 2.75) is 32.7 Å². The van der Waals surface area contributed by atoms with E-state index >= 15 is 0 Å². The number of nitrogens with zero attached hydrogens (tertiary/aromatic N) is 5. The van der Waals surface area contributed by atoms with E-state index in [4.69, 9.17) is 0 Å². The molecule has 3 heterocycles. The molecule has 0 aliphatic heterocycles. The molecule has 0 aromatic carbocycles. The smallest absolute Gasteiger partial charge is 0.158 e. The van der Waals surface area contributed by atoms with E-state index in [2.05, 4.69) is 57.2 Å². The van der Waals surface area contributed by atoms with Crippen LogP contribution in [0.2, 0.25) is 0 Å². The number of nitrogens with one attached hydrogen (secondary N) is 1. The Balaban J connectivity index is 1.76. The third-order valence-electron chi connectivity index (χ3n) is 3.46. The summed E-state index contributed by atoms with van der Waals surface area (Å²) in [6, 6.07) is 2.15.